The lowest BCUT2D eigenvalue weighted by atomic mass is 10.3. The second-order valence-corrected chi connectivity index (χ2v) is 9.33. The number of hydrogen-bond donors (Lipinski definition) is 1. The van der Waals surface area contributed by atoms with Crippen LogP contribution >= 0.6 is 23.2 Å². The highest BCUT2D eigenvalue weighted by molar-refractivity contribution is 7.89. The van der Waals surface area contributed by atoms with Gasteiger partial charge in [0.1, 0.15) is 0 Å². The summed E-state index contributed by atoms with van der Waals surface area (Å²) in [5, 5.41) is 14.7. The predicted molar refractivity (Wildman–Crippen MR) is 114 cm³/mol. The summed E-state index contributed by atoms with van der Waals surface area (Å²) in [6, 6.07) is 9.69. The highest BCUT2D eigenvalue weighted by Crippen LogP contribution is 2.30. The van der Waals surface area contributed by atoms with Crippen molar-refractivity contribution in [1.29, 1.82) is 0 Å². The molecule has 0 unspecified atom stereocenters. The summed E-state index contributed by atoms with van der Waals surface area (Å²) in [5.74, 6) is 0. The second kappa shape index (κ2) is 9.17. The first-order valence-corrected chi connectivity index (χ1v) is 11.1. The molecule has 1 heterocycles. The standard InChI is InChI=1S/C18H18Cl2N4O5S/c19-13-2-5-15(6-3-13)21-18(25)22-8-1-9-23(11-10-22)30(28,29)17-7-4-14(20)12-16(17)24(26)27/h2-7,12H,1,8-11H2,(H,21,25). The fourth-order valence-corrected chi connectivity index (χ4v) is 4.96. The van der Waals surface area contributed by atoms with E-state index in [4.69, 9.17) is 23.2 Å². The van der Waals surface area contributed by atoms with Crippen LogP contribution in [-0.4, -0.2) is 54.8 Å². The molecule has 0 radical (unpaired) electrons. The van der Waals surface area contributed by atoms with Crippen molar-refractivity contribution in [3.8, 4) is 0 Å². The molecule has 2 amide bonds. The van der Waals surface area contributed by atoms with E-state index < -0.39 is 25.5 Å². The zero-order valence-electron chi connectivity index (χ0n) is 15.6. The molecule has 1 saturated heterocycles. The van der Waals surface area contributed by atoms with Gasteiger partial charge in [-0.15, -0.1) is 0 Å². The topological polar surface area (TPSA) is 113 Å². The number of hydrogen-bond acceptors (Lipinski definition) is 5. The van der Waals surface area contributed by atoms with Gasteiger partial charge in [0.05, 0.1) is 4.92 Å². The third-order valence-electron chi connectivity index (χ3n) is 4.57. The minimum Gasteiger partial charge on any atom is -0.323 e. The van der Waals surface area contributed by atoms with Crippen molar-refractivity contribution >= 4 is 50.6 Å². The molecule has 1 fully saturated rings. The molecule has 3 rings (SSSR count). The Hall–Kier alpha value is -2.40. The van der Waals surface area contributed by atoms with Crippen molar-refractivity contribution in [3.05, 3.63) is 62.6 Å². The molecule has 0 saturated carbocycles. The van der Waals surface area contributed by atoms with Gasteiger partial charge in [0, 0.05) is 48.0 Å². The van der Waals surface area contributed by atoms with Crippen LogP contribution in [-0.2, 0) is 10.0 Å². The fraction of sp³-hybridized carbons (Fsp3) is 0.278. The van der Waals surface area contributed by atoms with Crippen LogP contribution in [0.25, 0.3) is 0 Å². The maximum Gasteiger partial charge on any atom is 0.321 e. The molecule has 0 atom stereocenters. The number of nitro benzene ring substituents is 1. The number of benzene rings is 2. The van der Waals surface area contributed by atoms with Crippen molar-refractivity contribution in [3.63, 3.8) is 0 Å². The van der Waals surface area contributed by atoms with Crippen molar-refractivity contribution in [2.45, 2.75) is 11.3 Å². The number of halogens is 2. The Balaban J connectivity index is 1.73. The van der Waals surface area contributed by atoms with E-state index in [2.05, 4.69) is 5.32 Å². The Morgan fingerprint density at radius 2 is 1.67 bits per heavy atom. The molecular weight excluding hydrogens is 455 g/mol. The first-order chi connectivity index (χ1) is 14.2. The van der Waals surface area contributed by atoms with Gasteiger partial charge >= 0.3 is 6.03 Å². The van der Waals surface area contributed by atoms with Gasteiger partial charge in [0.25, 0.3) is 5.69 Å². The Morgan fingerprint density at radius 1 is 1.00 bits per heavy atom. The lowest BCUT2D eigenvalue weighted by molar-refractivity contribution is -0.387. The largest absolute Gasteiger partial charge is 0.323 e. The molecule has 0 spiro atoms. The first kappa shape index (κ1) is 22.3. The Morgan fingerprint density at radius 3 is 2.33 bits per heavy atom. The maximum atomic E-state index is 13.0. The van der Waals surface area contributed by atoms with Crippen LogP contribution in [0.5, 0.6) is 0 Å². The molecule has 12 heteroatoms. The van der Waals surface area contributed by atoms with Crippen LogP contribution < -0.4 is 5.32 Å². The number of amides is 2. The van der Waals surface area contributed by atoms with E-state index in [0.717, 1.165) is 16.4 Å². The molecule has 0 aliphatic carbocycles. The Labute approximate surface area is 183 Å². The van der Waals surface area contributed by atoms with E-state index >= 15 is 0 Å². The molecule has 1 N–H and O–H groups in total. The van der Waals surface area contributed by atoms with Gasteiger partial charge in [-0.25, -0.2) is 13.2 Å². The van der Waals surface area contributed by atoms with Crippen LogP contribution in [0.1, 0.15) is 6.42 Å². The summed E-state index contributed by atoms with van der Waals surface area (Å²) >= 11 is 11.6. The third kappa shape index (κ3) is 5.01. The van der Waals surface area contributed by atoms with Gasteiger partial charge in [-0.2, -0.15) is 4.31 Å². The zero-order chi connectivity index (χ0) is 21.9. The number of nitrogens with one attached hydrogen (secondary N) is 1. The van der Waals surface area contributed by atoms with Gasteiger partial charge in [0.2, 0.25) is 10.0 Å². The van der Waals surface area contributed by atoms with E-state index in [1.165, 1.54) is 11.0 Å². The fourth-order valence-electron chi connectivity index (χ4n) is 3.06. The SMILES string of the molecule is O=C(Nc1ccc(Cl)cc1)N1CCCN(S(=O)(=O)c2ccc(Cl)cc2[N+](=O)[O-])CC1. The van der Waals surface area contributed by atoms with Crippen LogP contribution in [0.4, 0.5) is 16.2 Å². The van der Waals surface area contributed by atoms with E-state index in [-0.39, 0.29) is 30.7 Å². The van der Waals surface area contributed by atoms with Gasteiger partial charge < -0.3 is 10.2 Å². The number of carbonyl (C=O) groups excluding carboxylic acids is 1. The molecule has 0 bridgehead atoms. The average molecular weight is 473 g/mol. The number of urea groups is 1. The molecule has 0 aromatic heterocycles. The minimum absolute atomic E-state index is 0.0101. The lowest BCUT2D eigenvalue weighted by Gasteiger charge is -2.22. The molecule has 1 aliphatic rings. The van der Waals surface area contributed by atoms with Crippen LogP contribution in [0.15, 0.2) is 47.4 Å². The number of anilines is 1. The number of nitro groups is 1. The van der Waals surface area contributed by atoms with E-state index in [0.29, 0.717) is 23.7 Å². The highest BCUT2D eigenvalue weighted by Gasteiger charge is 2.33. The lowest BCUT2D eigenvalue weighted by Crippen LogP contribution is -2.39. The predicted octanol–water partition coefficient (Wildman–Crippen LogP) is 3.83. The molecule has 9 nitrogen and oxygen atoms in total. The van der Waals surface area contributed by atoms with Gasteiger partial charge in [-0.1, -0.05) is 23.2 Å². The molecule has 160 valence electrons. The van der Waals surface area contributed by atoms with Crippen molar-refractivity contribution < 1.29 is 18.1 Å². The number of carbonyl (C=O) groups is 1. The monoisotopic (exact) mass is 472 g/mol. The molecule has 2 aromatic rings. The maximum absolute atomic E-state index is 13.0. The van der Waals surface area contributed by atoms with E-state index in [9.17, 15) is 23.3 Å². The summed E-state index contributed by atoms with van der Waals surface area (Å²) in [5.41, 5.74) is -0.0148. The van der Waals surface area contributed by atoms with E-state index in [1.807, 2.05) is 0 Å². The van der Waals surface area contributed by atoms with Gasteiger partial charge in [0.15, 0.2) is 4.90 Å². The van der Waals surface area contributed by atoms with Crippen molar-refractivity contribution in [2.75, 3.05) is 31.5 Å². The molecule has 1 aliphatic heterocycles. The molecular formula is C18H18Cl2N4O5S. The average Bonchev–Trinajstić information content (AvgIpc) is 2.96. The number of sulfonamides is 1. The second-order valence-electron chi connectivity index (χ2n) is 6.55. The quantitative estimate of drug-likeness (QED) is 0.536. The first-order valence-electron chi connectivity index (χ1n) is 8.94. The van der Waals surface area contributed by atoms with Gasteiger partial charge in [-0.3, -0.25) is 10.1 Å². The summed E-state index contributed by atoms with van der Waals surface area (Å²) in [6.07, 6.45) is 0.384. The highest BCUT2D eigenvalue weighted by atomic mass is 35.5. The number of nitrogens with zero attached hydrogens (tertiary/aromatic N) is 3. The van der Waals surface area contributed by atoms with E-state index in [1.54, 1.807) is 24.3 Å². The Kier molecular flexibility index (Phi) is 6.81. The summed E-state index contributed by atoms with van der Waals surface area (Å²) in [7, 11) is -4.13. The minimum atomic E-state index is -4.13. The molecule has 2 aromatic carbocycles. The van der Waals surface area contributed by atoms with Crippen LogP contribution in [0.3, 0.4) is 0 Å². The number of rotatable bonds is 4. The van der Waals surface area contributed by atoms with Gasteiger partial charge in [-0.05, 0) is 42.8 Å². The van der Waals surface area contributed by atoms with Crippen LogP contribution in [0, 0.1) is 10.1 Å². The summed E-state index contributed by atoms with van der Waals surface area (Å²) in [6.45, 7) is 0.622. The summed E-state index contributed by atoms with van der Waals surface area (Å²) < 4.78 is 27.2. The smallest absolute Gasteiger partial charge is 0.321 e. The van der Waals surface area contributed by atoms with Crippen molar-refractivity contribution in [1.82, 2.24) is 9.21 Å². The normalized spacial score (nSPS) is 15.5. The Bertz CT molecular complexity index is 1060. The van der Waals surface area contributed by atoms with Crippen LogP contribution in [0.2, 0.25) is 10.0 Å². The zero-order valence-corrected chi connectivity index (χ0v) is 18.0. The van der Waals surface area contributed by atoms with Crippen molar-refractivity contribution in [2.24, 2.45) is 0 Å². The third-order valence-corrected chi connectivity index (χ3v) is 7.01. The summed E-state index contributed by atoms with van der Waals surface area (Å²) in [4.78, 5) is 24.1. The molecule has 30 heavy (non-hydrogen) atoms.